The maximum Gasteiger partial charge on any atom is 0.322 e. The van der Waals surface area contributed by atoms with Crippen molar-refractivity contribution in [2.75, 3.05) is 39.3 Å². The summed E-state index contributed by atoms with van der Waals surface area (Å²) in [5, 5.41) is 5.38. The first-order chi connectivity index (χ1) is 13.4. The van der Waals surface area contributed by atoms with Gasteiger partial charge in [-0.05, 0) is 37.1 Å². The molecule has 3 rings (SSSR count). The lowest BCUT2D eigenvalue weighted by Gasteiger charge is -2.34. The van der Waals surface area contributed by atoms with Crippen molar-refractivity contribution in [3.63, 3.8) is 0 Å². The summed E-state index contributed by atoms with van der Waals surface area (Å²) in [7, 11) is 0. The summed E-state index contributed by atoms with van der Waals surface area (Å²) < 4.78 is 5.83. The van der Waals surface area contributed by atoms with Crippen LogP contribution in [0, 0.1) is 6.92 Å². The third-order valence-electron chi connectivity index (χ3n) is 5.03. The predicted octanol–water partition coefficient (Wildman–Crippen LogP) is 1.16. The van der Waals surface area contributed by atoms with Gasteiger partial charge in [0.2, 0.25) is 5.91 Å². The van der Waals surface area contributed by atoms with Crippen molar-refractivity contribution < 1.29 is 19.1 Å². The van der Waals surface area contributed by atoms with Crippen molar-refractivity contribution in [1.82, 2.24) is 20.4 Å². The second-order valence-corrected chi connectivity index (χ2v) is 7.47. The highest BCUT2D eigenvalue weighted by molar-refractivity contribution is 6.30. The first-order valence-electron chi connectivity index (χ1n) is 9.43. The molecule has 0 spiro atoms. The Morgan fingerprint density at radius 1 is 1.25 bits per heavy atom. The number of ether oxygens (including phenoxy) is 1. The van der Waals surface area contributed by atoms with Crippen molar-refractivity contribution in [3.05, 3.63) is 28.8 Å². The number of hydrogen-bond acceptors (Lipinski definition) is 5. The molecule has 0 bridgehead atoms. The number of piperazine rings is 1. The van der Waals surface area contributed by atoms with Crippen LogP contribution < -0.4 is 15.4 Å². The number of nitrogens with zero attached hydrogens (tertiary/aromatic N) is 2. The monoisotopic (exact) mass is 408 g/mol. The Morgan fingerprint density at radius 2 is 2.00 bits per heavy atom. The average Bonchev–Trinajstić information content (AvgIpc) is 2.99. The van der Waals surface area contributed by atoms with Crippen LogP contribution >= 0.6 is 11.6 Å². The molecule has 2 aliphatic heterocycles. The first-order valence-corrected chi connectivity index (χ1v) is 9.80. The molecule has 28 heavy (non-hydrogen) atoms. The predicted molar refractivity (Wildman–Crippen MR) is 104 cm³/mol. The van der Waals surface area contributed by atoms with Crippen molar-refractivity contribution in [2.24, 2.45) is 0 Å². The summed E-state index contributed by atoms with van der Waals surface area (Å²) in [6, 6.07) is 4.47. The van der Waals surface area contributed by atoms with Gasteiger partial charge >= 0.3 is 6.03 Å². The number of carbonyl (C=O) groups is 3. The molecule has 1 atom stereocenters. The van der Waals surface area contributed by atoms with Crippen LogP contribution in [0.1, 0.15) is 18.4 Å². The molecule has 2 fully saturated rings. The molecule has 0 aromatic heterocycles. The van der Waals surface area contributed by atoms with E-state index >= 15 is 0 Å². The summed E-state index contributed by atoms with van der Waals surface area (Å²) in [5.41, 5.74) is 1.01. The number of benzene rings is 1. The van der Waals surface area contributed by atoms with Crippen molar-refractivity contribution in [3.8, 4) is 5.75 Å². The van der Waals surface area contributed by atoms with E-state index in [9.17, 15) is 14.4 Å². The van der Waals surface area contributed by atoms with Gasteiger partial charge < -0.3 is 15.0 Å². The number of imide groups is 1. The number of rotatable bonds is 7. The maximum atomic E-state index is 12.3. The first kappa shape index (κ1) is 20.4. The molecule has 2 N–H and O–H groups in total. The molecule has 0 unspecified atom stereocenters. The van der Waals surface area contributed by atoms with Gasteiger partial charge in [0, 0.05) is 44.2 Å². The Balaban J connectivity index is 1.34. The molecule has 2 aliphatic rings. The minimum absolute atomic E-state index is 0.0154. The Bertz CT molecular complexity index is 749. The quantitative estimate of drug-likeness (QED) is 0.661. The lowest BCUT2D eigenvalue weighted by Crippen LogP contribution is -2.49. The Kier molecular flexibility index (Phi) is 6.74. The molecule has 1 aromatic rings. The second-order valence-electron chi connectivity index (χ2n) is 7.03. The number of urea groups is 1. The highest BCUT2D eigenvalue weighted by Gasteiger charge is 2.30. The molecule has 2 heterocycles. The number of aryl methyl sites for hydroxylation is 1. The fraction of sp³-hybridized carbons (Fsp3) is 0.526. The van der Waals surface area contributed by atoms with E-state index in [0.717, 1.165) is 30.9 Å². The Hall–Kier alpha value is -2.32. The van der Waals surface area contributed by atoms with Crippen LogP contribution in [-0.4, -0.2) is 73.0 Å². The largest absolute Gasteiger partial charge is 0.492 e. The summed E-state index contributed by atoms with van der Waals surface area (Å²) in [6.07, 6.45) is 0.572. The van der Waals surface area contributed by atoms with Gasteiger partial charge in [-0.25, -0.2) is 4.79 Å². The van der Waals surface area contributed by atoms with Gasteiger partial charge in [0.15, 0.2) is 0 Å². The highest BCUT2D eigenvalue weighted by Crippen LogP contribution is 2.21. The van der Waals surface area contributed by atoms with Crippen LogP contribution in [0.25, 0.3) is 0 Å². The van der Waals surface area contributed by atoms with Crippen LogP contribution in [0.4, 0.5) is 4.79 Å². The highest BCUT2D eigenvalue weighted by atomic mass is 35.5. The fourth-order valence-electron chi connectivity index (χ4n) is 3.37. The number of halogens is 1. The molecule has 152 valence electrons. The molecular weight excluding hydrogens is 384 g/mol. The molecule has 4 amide bonds. The zero-order valence-electron chi connectivity index (χ0n) is 15.9. The van der Waals surface area contributed by atoms with Gasteiger partial charge in [0.1, 0.15) is 18.4 Å². The molecule has 9 heteroatoms. The van der Waals surface area contributed by atoms with Gasteiger partial charge in [-0.1, -0.05) is 11.6 Å². The molecular formula is C19H25ClN4O4. The van der Waals surface area contributed by atoms with Crippen LogP contribution in [-0.2, 0) is 9.59 Å². The molecule has 0 saturated carbocycles. The van der Waals surface area contributed by atoms with E-state index in [0.29, 0.717) is 31.1 Å². The molecule has 8 nitrogen and oxygen atoms in total. The van der Waals surface area contributed by atoms with E-state index < -0.39 is 12.1 Å². The van der Waals surface area contributed by atoms with Crippen LogP contribution in [0.15, 0.2) is 18.2 Å². The number of nitrogens with one attached hydrogen (secondary N) is 2. The van der Waals surface area contributed by atoms with E-state index in [2.05, 4.69) is 15.5 Å². The van der Waals surface area contributed by atoms with E-state index in [1.54, 1.807) is 0 Å². The van der Waals surface area contributed by atoms with Crippen LogP contribution in [0.3, 0.4) is 0 Å². The standard InChI is InChI=1S/C19H25ClN4O4/c1-13-12-14(20)2-4-16(13)28-11-10-23-6-8-24(9-7-23)17(25)5-3-15-18(26)22-19(27)21-15/h2,4,12,15H,3,5-11H2,1H3,(H2,21,22,26,27)/t15-/m0/s1. The third kappa shape index (κ3) is 5.36. The number of carbonyl (C=O) groups excluding carboxylic acids is 3. The normalized spacial score (nSPS) is 20.1. The zero-order valence-corrected chi connectivity index (χ0v) is 16.6. The van der Waals surface area contributed by atoms with Crippen molar-refractivity contribution in [2.45, 2.75) is 25.8 Å². The van der Waals surface area contributed by atoms with Crippen molar-refractivity contribution >= 4 is 29.4 Å². The van der Waals surface area contributed by atoms with E-state index in [4.69, 9.17) is 16.3 Å². The SMILES string of the molecule is Cc1cc(Cl)ccc1OCCN1CCN(C(=O)CC[C@@H]2NC(=O)NC2=O)CC1. The van der Waals surface area contributed by atoms with Gasteiger partial charge in [0.25, 0.3) is 5.91 Å². The zero-order chi connectivity index (χ0) is 20.1. The lowest BCUT2D eigenvalue weighted by molar-refractivity contribution is -0.133. The molecule has 2 saturated heterocycles. The average molecular weight is 409 g/mol. The smallest absolute Gasteiger partial charge is 0.322 e. The summed E-state index contributed by atoms with van der Waals surface area (Å²) >= 11 is 5.95. The van der Waals surface area contributed by atoms with Gasteiger partial charge in [-0.15, -0.1) is 0 Å². The minimum atomic E-state index is -0.605. The summed E-state index contributed by atoms with van der Waals surface area (Å²) in [4.78, 5) is 39.0. The van der Waals surface area contributed by atoms with E-state index in [1.165, 1.54) is 0 Å². The minimum Gasteiger partial charge on any atom is -0.492 e. The second kappa shape index (κ2) is 9.25. The van der Waals surface area contributed by atoms with Crippen molar-refractivity contribution in [1.29, 1.82) is 0 Å². The van der Waals surface area contributed by atoms with E-state index in [1.807, 2.05) is 30.0 Å². The third-order valence-corrected chi connectivity index (χ3v) is 5.27. The van der Waals surface area contributed by atoms with Crippen LogP contribution in [0.2, 0.25) is 5.02 Å². The molecule has 1 aromatic carbocycles. The fourth-order valence-corrected chi connectivity index (χ4v) is 3.60. The van der Waals surface area contributed by atoms with Gasteiger partial charge in [-0.3, -0.25) is 19.8 Å². The topological polar surface area (TPSA) is 91.0 Å². The Morgan fingerprint density at radius 3 is 2.64 bits per heavy atom. The number of hydrogen-bond donors (Lipinski definition) is 2. The number of amides is 4. The Labute approximate surface area is 169 Å². The molecule has 0 aliphatic carbocycles. The maximum absolute atomic E-state index is 12.3. The summed E-state index contributed by atoms with van der Waals surface area (Å²) in [6.45, 7) is 6.21. The van der Waals surface area contributed by atoms with Crippen LogP contribution in [0.5, 0.6) is 5.75 Å². The summed E-state index contributed by atoms with van der Waals surface area (Å²) in [5.74, 6) is 0.487. The molecule has 0 radical (unpaired) electrons. The van der Waals surface area contributed by atoms with Gasteiger partial charge in [0.05, 0.1) is 0 Å². The lowest BCUT2D eigenvalue weighted by atomic mass is 10.1. The van der Waals surface area contributed by atoms with E-state index in [-0.39, 0.29) is 18.2 Å². The van der Waals surface area contributed by atoms with Gasteiger partial charge in [-0.2, -0.15) is 0 Å².